The fourth-order valence-corrected chi connectivity index (χ4v) is 0.814. The average molecular weight is 149 g/mol. The molecule has 1 aromatic carbocycles. The molecule has 58 valence electrons. The SMILES string of the molecule is C=COCc1ccccc1N. The summed E-state index contributed by atoms with van der Waals surface area (Å²) in [7, 11) is 0. The van der Waals surface area contributed by atoms with Crippen LogP contribution in [-0.4, -0.2) is 0 Å². The van der Waals surface area contributed by atoms with Crippen LogP contribution in [0.15, 0.2) is 37.1 Å². The molecule has 2 N–H and O–H groups in total. The Balaban J connectivity index is 2.69. The molecule has 1 aromatic rings. The number of para-hydroxylation sites is 1. The van der Waals surface area contributed by atoms with Crippen LogP contribution in [0.5, 0.6) is 0 Å². The minimum atomic E-state index is 0.496. The molecule has 0 atom stereocenters. The molecule has 0 unspecified atom stereocenters. The Morgan fingerprint density at radius 1 is 1.45 bits per heavy atom. The molecule has 0 aliphatic rings. The maximum Gasteiger partial charge on any atom is 0.114 e. The monoisotopic (exact) mass is 149 g/mol. The fourth-order valence-electron chi connectivity index (χ4n) is 0.814. The summed E-state index contributed by atoms with van der Waals surface area (Å²) < 4.78 is 4.98. The quantitative estimate of drug-likeness (QED) is 0.526. The Kier molecular flexibility index (Phi) is 2.55. The first kappa shape index (κ1) is 7.66. The topological polar surface area (TPSA) is 35.2 Å². The molecule has 0 spiro atoms. The summed E-state index contributed by atoms with van der Waals surface area (Å²) >= 11 is 0. The van der Waals surface area contributed by atoms with Crippen molar-refractivity contribution in [2.24, 2.45) is 0 Å². The molecule has 0 saturated heterocycles. The lowest BCUT2D eigenvalue weighted by Gasteiger charge is -2.03. The van der Waals surface area contributed by atoms with E-state index in [-0.39, 0.29) is 0 Å². The zero-order chi connectivity index (χ0) is 8.10. The highest BCUT2D eigenvalue weighted by Crippen LogP contribution is 2.10. The van der Waals surface area contributed by atoms with Gasteiger partial charge in [0.1, 0.15) is 6.61 Å². The van der Waals surface area contributed by atoms with Crippen LogP contribution in [0.4, 0.5) is 5.69 Å². The predicted molar refractivity (Wildman–Crippen MR) is 45.8 cm³/mol. The average Bonchev–Trinajstić information content (AvgIpc) is 2.03. The Morgan fingerprint density at radius 3 is 2.82 bits per heavy atom. The van der Waals surface area contributed by atoms with Crippen LogP contribution in [-0.2, 0) is 11.3 Å². The number of ether oxygens (including phenoxy) is 1. The third-order valence-corrected chi connectivity index (χ3v) is 1.41. The minimum absolute atomic E-state index is 0.496. The predicted octanol–water partition coefficient (Wildman–Crippen LogP) is 1.93. The molecule has 0 heterocycles. The van der Waals surface area contributed by atoms with E-state index in [1.54, 1.807) is 0 Å². The first-order valence-corrected chi connectivity index (χ1v) is 3.40. The van der Waals surface area contributed by atoms with Crippen LogP contribution >= 0.6 is 0 Å². The summed E-state index contributed by atoms with van der Waals surface area (Å²) in [6.07, 6.45) is 1.41. The smallest absolute Gasteiger partial charge is 0.114 e. The summed E-state index contributed by atoms with van der Waals surface area (Å²) in [6.45, 7) is 3.94. The highest BCUT2D eigenvalue weighted by atomic mass is 16.5. The van der Waals surface area contributed by atoms with Crippen LogP contribution < -0.4 is 5.73 Å². The number of nitrogens with two attached hydrogens (primary N) is 1. The lowest BCUT2D eigenvalue weighted by molar-refractivity contribution is 0.238. The van der Waals surface area contributed by atoms with Crippen LogP contribution in [0.2, 0.25) is 0 Å². The summed E-state index contributed by atoms with van der Waals surface area (Å²) in [5.41, 5.74) is 7.40. The normalized spacial score (nSPS) is 9.09. The first-order valence-electron chi connectivity index (χ1n) is 3.40. The van der Waals surface area contributed by atoms with Gasteiger partial charge in [-0.25, -0.2) is 0 Å². The molecule has 2 heteroatoms. The van der Waals surface area contributed by atoms with E-state index in [9.17, 15) is 0 Å². The largest absolute Gasteiger partial charge is 0.497 e. The molecule has 0 fully saturated rings. The zero-order valence-corrected chi connectivity index (χ0v) is 6.29. The third kappa shape index (κ3) is 2.00. The van der Waals surface area contributed by atoms with E-state index in [1.807, 2.05) is 24.3 Å². The van der Waals surface area contributed by atoms with Crippen molar-refractivity contribution in [2.75, 3.05) is 5.73 Å². The molecule has 0 aliphatic heterocycles. The standard InChI is InChI=1S/C9H11NO/c1-2-11-7-8-5-3-4-6-9(8)10/h2-6H,1,7,10H2. The number of hydrogen-bond acceptors (Lipinski definition) is 2. The Bertz CT molecular complexity index is 245. The molecule has 0 aliphatic carbocycles. The lowest BCUT2D eigenvalue weighted by atomic mass is 10.2. The van der Waals surface area contributed by atoms with Gasteiger partial charge in [0, 0.05) is 11.3 Å². The van der Waals surface area contributed by atoms with Gasteiger partial charge in [0.2, 0.25) is 0 Å². The van der Waals surface area contributed by atoms with E-state index < -0.39 is 0 Å². The Labute approximate surface area is 66.3 Å². The van der Waals surface area contributed by atoms with Crippen molar-refractivity contribution in [2.45, 2.75) is 6.61 Å². The van der Waals surface area contributed by atoms with Gasteiger partial charge in [0.25, 0.3) is 0 Å². The molecule has 1 rings (SSSR count). The second kappa shape index (κ2) is 3.66. The second-order valence-electron chi connectivity index (χ2n) is 2.18. The number of nitrogen functional groups attached to an aromatic ring is 1. The van der Waals surface area contributed by atoms with E-state index >= 15 is 0 Å². The van der Waals surface area contributed by atoms with Crippen molar-refractivity contribution < 1.29 is 4.74 Å². The molecule has 0 saturated carbocycles. The molecular weight excluding hydrogens is 138 g/mol. The molecule has 11 heavy (non-hydrogen) atoms. The van der Waals surface area contributed by atoms with E-state index in [0.29, 0.717) is 6.61 Å². The minimum Gasteiger partial charge on any atom is -0.497 e. The summed E-state index contributed by atoms with van der Waals surface area (Å²) in [4.78, 5) is 0. The van der Waals surface area contributed by atoms with Gasteiger partial charge in [-0.05, 0) is 6.07 Å². The van der Waals surface area contributed by atoms with Crippen molar-refractivity contribution in [1.29, 1.82) is 0 Å². The summed E-state index contributed by atoms with van der Waals surface area (Å²) in [6, 6.07) is 7.60. The number of benzene rings is 1. The Morgan fingerprint density at radius 2 is 2.18 bits per heavy atom. The first-order chi connectivity index (χ1) is 5.34. The van der Waals surface area contributed by atoms with E-state index in [1.165, 1.54) is 6.26 Å². The summed E-state index contributed by atoms with van der Waals surface area (Å²) in [5, 5.41) is 0. The highest BCUT2D eigenvalue weighted by molar-refractivity contribution is 5.45. The van der Waals surface area contributed by atoms with Crippen molar-refractivity contribution in [3.05, 3.63) is 42.7 Å². The second-order valence-corrected chi connectivity index (χ2v) is 2.18. The Hall–Kier alpha value is -1.44. The molecule has 0 aromatic heterocycles. The zero-order valence-electron chi connectivity index (χ0n) is 6.29. The lowest BCUT2D eigenvalue weighted by Crippen LogP contribution is -1.93. The van der Waals surface area contributed by atoms with Crippen molar-refractivity contribution in [1.82, 2.24) is 0 Å². The third-order valence-electron chi connectivity index (χ3n) is 1.41. The molecule has 0 amide bonds. The van der Waals surface area contributed by atoms with Crippen LogP contribution in [0.1, 0.15) is 5.56 Å². The van der Waals surface area contributed by atoms with E-state index in [2.05, 4.69) is 6.58 Å². The highest BCUT2D eigenvalue weighted by Gasteiger charge is 1.94. The van der Waals surface area contributed by atoms with Gasteiger partial charge in [-0.3, -0.25) is 0 Å². The van der Waals surface area contributed by atoms with Gasteiger partial charge in [-0.15, -0.1) is 0 Å². The number of hydrogen-bond donors (Lipinski definition) is 1. The van der Waals surface area contributed by atoms with Crippen molar-refractivity contribution in [3.8, 4) is 0 Å². The maximum absolute atomic E-state index is 5.65. The van der Waals surface area contributed by atoms with Gasteiger partial charge in [-0.1, -0.05) is 24.8 Å². The van der Waals surface area contributed by atoms with Crippen molar-refractivity contribution in [3.63, 3.8) is 0 Å². The summed E-state index contributed by atoms with van der Waals surface area (Å²) in [5.74, 6) is 0. The molecule has 0 radical (unpaired) electrons. The number of rotatable bonds is 3. The molecular formula is C9H11NO. The van der Waals surface area contributed by atoms with Gasteiger partial charge in [-0.2, -0.15) is 0 Å². The van der Waals surface area contributed by atoms with Gasteiger partial charge in [0.05, 0.1) is 6.26 Å². The van der Waals surface area contributed by atoms with Gasteiger partial charge < -0.3 is 10.5 Å². The van der Waals surface area contributed by atoms with Gasteiger partial charge >= 0.3 is 0 Å². The van der Waals surface area contributed by atoms with Crippen LogP contribution in [0.25, 0.3) is 0 Å². The molecule has 0 bridgehead atoms. The van der Waals surface area contributed by atoms with Crippen LogP contribution in [0, 0.1) is 0 Å². The van der Waals surface area contributed by atoms with Gasteiger partial charge in [0.15, 0.2) is 0 Å². The maximum atomic E-state index is 5.65. The van der Waals surface area contributed by atoms with E-state index in [4.69, 9.17) is 10.5 Å². The number of anilines is 1. The molecule has 2 nitrogen and oxygen atoms in total. The fraction of sp³-hybridized carbons (Fsp3) is 0.111. The van der Waals surface area contributed by atoms with Crippen LogP contribution in [0.3, 0.4) is 0 Å². The van der Waals surface area contributed by atoms with Crippen molar-refractivity contribution >= 4 is 5.69 Å². The van der Waals surface area contributed by atoms with E-state index in [0.717, 1.165) is 11.3 Å².